The molecule has 122 valence electrons. The summed E-state index contributed by atoms with van der Waals surface area (Å²) < 4.78 is 5.74. The van der Waals surface area contributed by atoms with Gasteiger partial charge in [0.1, 0.15) is 11.9 Å². The lowest BCUT2D eigenvalue weighted by Gasteiger charge is -2.22. The molecule has 1 unspecified atom stereocenters. The number of fused-ring (bicyclic) bond motifs is 1. The van der Waals surface area contributed by atoms with E-state index in [9.17, 15) is 4.79 Å². The van der Waals surface area contributed by atoms with Gasteiger partial charge in [-0.05, 0) is 42.5 Å². The number of nitrogens with zero attached hydrogens (tertiary/aromatic N) is 2. The van der Waals surface area contributed by atoms with E-state index in [0.717, 1.165) is 12.1 Å². The fraction of sp³-hybridized carbons (Fsp3) is 0.438. The number of hydrogen-bond acceptors (Lipinski definition) is 6. The summed E-state index contributed by atoms with van der Waals surface area (Å²) in [5, 5.41) is 16.1. The van der Waals surface area contributed by atoms with Crippen molar-refractivity contribution < 1.29 is 9.53 Å². The lowest BCUT2D eigenvalue weighted by atomic mass is 10.1. The van der Waals surface area contributed by atoms with Gasteiger partial charge < -0.3 is 15.4 Å². The van der Waals surface area contributed by atoms with Gasteiger partial charge in [0.15, 0.2) is 0 Å². The van der Waals surface area contributed by atoms with Gasteiger partial charge in [0.25, 0.3) is 0 Å². The first-order valence-corrected chi connectivity index (χ1v) is 8.59. The Labute approximate surface area is 139 Å². The zero-order valence-electron chi connectivity index (χ0n) is 13.0. The van der Waals surface area contributed by atoms with Crippen LogP contribution in [0.5, 0.6) is 0 Å². The van der Waals surface area contributed by atoms with E-state index in [0.29, 0.717) is 31.9 Å². The molecule has 7 heteroatoms. The second kappa shape index (κ2) is 7.52. The summed E-state index contributed by atoms with van der Waals surface area (Å²) in [5.74, 6) is 0.719. The molecule has 1 aliphatic heterocycles. The van der Waals surface area contributed by atoms with Crippen molar-refractivity contribution in [1.29, 1.82) is 0 Å². The summed E-state index contributed by atoms with van der Waals surface area (Å²) in [6.45, 7) is 3.73. The SMILES string of the molecule is Cc1ccc(NCCNC(=O)CC2OCCc3ccsc32)nn1. The van der Waals surface area contributed by atoms with Crippen LogP contribution >= 0.6 is 11.3 Å². The smallest absolute Gasteiger partial charge is 0.223 e. The van der Waals surface area contributed by atoms with E-state index in [1.54, 1.807) is 11.3 Å². The number of carbonyl (C=O) groups is 1. The van der Waals surface area contributed by atoms with Crippen LogP contribution in [0.4, 0.5) is 5.82 Å². The third-order valence-electron chi connectivity index (χ3n) is 3.69. The van der Waals surface area contributed by atoms with Crippen molar-refractivity contribution in [3.05, 3.63) is 39.7 Å². The number of nitrogens with one attached hydrogen (secondary N) is 2. The van der Waals surface area contributed by atoms with Gasteiger partial charge >= 0.3 is 0 Å². The van der Waals surface area contributed by atoms with Crippen LogP contribution < -0.4 is 10.6 Å². The van der Waals surface area contributed by atoms with Gasteiger partial charge in [-0.2, -0.15) is 5.10 Å². The summed E-state index contributed by atoms with van der Waals surface area (Å²) in [4.78, 5) is 13.3. The molecule has 6 nitrogen and oxygen atoms in total. The van der Waals surface area contributed by atoms with Gasteiger partial charge in [-0.1, -0.05) is 0 Å². The molecule has 0 spiro atoms. The summed E-state index contributed by atoms with van der Waals surface area (Å²) in [6, 6.07) is 5.89. The Morgan fingerprint density at radius 3 is 3.09 bits per heavy atom. The first-order valence-electron chi connectivity index (χ1n) is 7.71. The predicted octanol–water partition coefficient (Wildman–Crippen LogP) is 2.08. The summed E-state index contributed by atoms with van der Waals surface area (Å²) >= 11 is 1.67. The number of anilines is 1. The van der Waals surface area contributed by atoms with E-state index in [1.165, 1.54) is 10.4 Å². The molecule has 3 heterocycles. The molecule has 0 fully saturated rings. The van der Waals surface area contributed by atoms with Crippen molar-refractivity contribution in [1.82, 2.24) is 15.5 Å². The molecule has 2 N–H and O–H groups in total. The van der Waals surface area contributed by atoms with E-state index in [4.69, 9.17) is 4.74 Å². The number of hydrogen-bond donors (Lipinski definition) is 2. The molecule has 2 aromatic heterocycles. The maximum atomic E-state index is 12.1. The van der Waals surface area contributed by atoms with Crippen molar-refractivity contribution in [3.8, 4) is 0 Å². The van der Waals surface area contributed by atoms with Crippen molar-refractivity contribution >= 4 is 23.1 Å². The number of rotatable bonds is 6. The largest absolute Gasteiger partial charge is 0.372 e. The molecular formula is C16H20N4O2S. The van der Waals surface area contributed by atoms with Crippen LogP contribution in [0.3, 0.4) is 0 Å². The summed E-state index contributed by atoms with van der Waals surface area (Å²) in [6.07, 6.45) is 1.21. The van der Waals surface area contributed by atoms with E-state index in [-0.39, 0.29) is 12.0 Å². The third-order valence-corrected chi connectivity index (χ3v) is 4.74. The maximum Gasteiger partial charge on any atom is 0.223 e. The molecule has 0 radical (unpaired) electrons. The number of aromatic nitrogens is 2. The van der Waals surface area contributed by atoms with E-state index >= 15 is 0 Å². The van der Waals surface area contributed by atoms with Gasteiger partial charge in [0.05, 0.1) is 18.7 Å². The first-order chi connectivity index (χ1) is 11.2. The highest BCUT2D eigenvalue weighted by Crippen LogP contribution is 2.33. The molecule has 2 aromatic rings. The topological polar surface area (TPSA) is 76.1 Å². The highest BCUT2D eigenvalue weighted by Gasteiger charge is 2.24. The second-order valence-electron chi connectivity index (χ2n) is 5.46. The lowest BCUT2D eigenvalue weighted by molar-refractivity contribution is -0.124. The molecule has 1 aliphatic rings. The Morgan fingerprint density at radius 2 is 2.26 bits per heavy atom. The predicted molar refractivity (Wildman–Crippen MR) is 89.6 cm³/mol. The molecule has 1 atom stereocenters. The van der Waals surface area contributed by atoms with Crippen molar-refractivity contribution in [2.24, 2.45) is 0 Å². The molecule has 0 saturated heterocycles. The fourth-order valence-corrected chi connectivity index (χ4v) is 3.50. The van der Waals surface area contributed by atoms with Gasteiger partial charge in [-0.15, -0.1) is 16.4 Å². The number of carbonyl (C=O) groups excluding carboxylic acids is 1. The highest BCUT2D eigenvalue weighted by atomic mass is 32.1. The van der Waals surface area contributed by atoms with Crippen molar-refractivity contribution in [3.63, 3.8) is 0 Å². The monoisotopic (exact) mass is 332 g/mol. The highest BCUT2D eigenvalue weighted by molar-refractivity contribution is 7.10. The van der Waals surface area contributed by atoms with Crippen LogP contribution in [-0.4, -0.2) is 35.8 Å². The molecule has 0 aliphatic carbocycles. The Balaban J connectivity index is 1.40. The molecule has 0 bridgehead atoms. The van der Waals surface area contributed by atoms with Gasteiger partial charge in [0, 0.05) is 18.0 Å². The zero-order chi connectivity index (χ0) is 16.1. The number of ether oxygens (including phenoxy) is 1. The Bertz CT molecular complexity index is 656. The zero-order valence-corrected chi connectivity index (χ0v) is 13.9. The Hall–Kier alpha value is -1.99. The molecule has 0 saturated carbocycles. The third kappa shape index (κ3) is 4.27. The van der Waals surface area contributed by atoms with Crippen molar-refractivity contribution in [2.45, 2.75) is 25.9 Å². The van der Waals surface area contributed by atoms with Crippen LogP contribution in [0.25, 0.3) is 0 Å². The molecular weight excluding hydrogens is 312 g/mol. The summed E-state index contributed by atoms with van der Waals surface area (Å²) in [5.41, 5.74) is 2.20. The average Bonchev–Trinajstić information content (AvgIpc) is 3.03. The van der Waals surface area contributed by atoms with Crippen LogP contribution in [-0.2, 0) is 16.0 Å². The van der Waals surface area contributed by atoms with Gasteiger partial charge in [-0.25, -0.2) is 0 Å². The number of amides is 1. The average molecular weight is 332 g/mol. The standard InChI is InChI=1S/C16H20N4O2S/c1-11-2-3-14(20-19-11)17-6-7-18-15(21)10-13-16-12(4-8-22-13)5-9-23-16/h2-3,5,9,13H,4,6-8,10H2,1H3,(H,17,20)(H,18,21). The Kier molecular flexibility index (Phi) is 5.19. The fourth-order valence-electron chi connectivity index (χ4n) is 2.50. The minimum Gasteiger partial charge on any atom is -0.372 e. The maximum absolute atomic E-state index is 12.1. The van der Waals surface area contributed by atoms with Crippen LogP contribution in [0, 0.1) is 6.92 Å². The second-order valence-corrected chi connectivity index (χ2v) is 6.41. The lowest BCUT2D eigenvalue weighted by Crippen LogP contribution is -2.31. The van der Waals surface area contributed by atoms with Gasteiger partial charge in [0.2, 0.25) is 5.91 Å². The molecule has 0 aromatic carbocycles. The Morgan fingerprint density at radius 1 is 1.35 bits per heavy atom. The molecule has 1 amide bonds. The van der Waals surface area contributed by atoms with Crippen LogP contribution in [0.2, 0.25) is 0 Å². The number of aryl methyl sites for hydroxylation is 1. The molecule has 3 rings (SSSR count). The summed E-state index contributed by atoms with van der Waals surface area (Å²) in [7, 11) is 0. The van der Waals surface area contributed by atoms with E-state index < -0.39 is 0 Å². The quantitative estimate of drug-likeness (QED) is 0.792. The number of thiophene rings is 1. The molecule has 23 heavy (non-hydrogen) atoms. The van der Waals surface area contributed by atoms with Gasteiger partial charge in [-0.3, -0.25) is 4.79 Å². The van der Waals surface area contributed by atoms with E-state index in [2.05, 4.69) is 32.3 Å². The van der Waals surface area contributed by atoms with Crippen molar-refractivity contribution in [2.75, 3.05) is 25.0 Å². The van der Waals surface area contributed by atoms with Crippen LogP contribution in [0.1, 0.15) is 28.7 Å². The van der Waals surface area contributed by atoms with Crippen LogP contribution in [0.15, 0.2) is 23.6 Å². The minimum atomic E-state index is -0.102. The first kappa shape index (κ1) is 15.9. The normalized spacial score (nSPS) is 16.7. The minimum absolute atomic E-state index is 0.00744. The van der Waals surface area contributed by atoms with E-state index in [1.807, 2.05) is 19.1 Å².